The second kappa shape index (κ2) is 6.28. The fraction of sp³-hybridized carbons (Fsp3) is 0.625. The van der Waals surface area contributed by atoms with E-state index in [4.69, 9.17) is 0 Å². The van der Waals surface area contributed by atoms with E-state index in [1.807, 2.05) is 12.3 Å². The standard InChI is InChI=1S/C16H23N3OS/c1-12-11-21-16-17-14(8-15(20)19(12)16)10-18(2)9-13-6-4-3-5-7-13/h8,11,13H,3-7,9-10H2,1-2H3. The van der Waals surface area contributed by atoms with Crippen molar-refractivity contribution >= 4 is 16.3 Å². The van der Waals surface area contributed by atoms with E-state index in [0.717, 1.165) is 35.4 Å². The lowest BCUT2D eigenvalue weighted by Crippen LogP contribution is -2.28. The highest BCUT2D eigenvalue weighted by molar-refractivity contribution is 7.15. The highest BCUT2D eigenvalue weighted by Crippen LogP contribution is 2.24. The molecular formula is C16H23N3OS. The average molecular weight is 305 g/mol. The summed E-state index contributed by atoms with van der Waals surface area (Å²) in [5, 5.41) is 1.99. The predicted molar refractivity (Wildman–Crippen MR) is 87.0 cm³/mol. The van der Waals surface area contributed by atoms with Crippen LogP contribution in [0.2, 0.25) is 0 Å². The van der Waals surface area contributed by atoms with Gasteiger partial charge in [0.05, 0.1) is 5.69 Å². The van der Waals surface area contributed by atoms with Crippen molar-refractivity contribution in [1.82, 2.24) is 14.3 Å². The minimum absolute atomic E-state index is 0.0415. The Morgan fingerprint density at radius 3 is 2.90 bits per heavy atom. The SMILES string of the molecule is Cc1csc2nc(CN(C)CC3CCCCC3)cc(=O)n12. The van der Waals surface area contributed by atoms with Crippen LogP contribution < -0.4 is 5.56 Å². The Morgan fingerprint density at radius 2 is 2.14 bits per heavy atom. The smallest absolute Gasteiger partial charge is 0.259 e. The summed E-state index contributed by atoms with van der Waals surface area (Å²) < 4.78 is 1.69. The number of nitrogens with zero attached hydrogens (tertiary/aromatic N) is 3. The summed E-state index contributed by atoms with van der Waals surface area (Å²) >= 11 is 1.54. The van der Waals surface area contributed by atoms with Crippen LogP contribution in [0.3, 0.4) is 0 Å². The summed E-state index contributed by atoms with van der Waals surface area (Å²) in [5.41, 5.74) is 1.90. The molecule has 1 saturated carbocycles. The zero-order valence-corrected chi connectivity index (χ0v) is 13.7. The van der Waals surface area contributed by atoms with E-state index < -0.39 is 0 Å². The quantitative estimate of drug-likeness (QED) is 0.871. The molecule has 1 fully saturated rings. The molecule has 1 aliphatic carbocycles. The van der Waals surface area contributed by atoms with Crippen LogP contribution in [0.4, 0.5) is 0 Å². The number of thiazole rings is 1. The van der Waals surface area contributed by atoms with Crippen LogP contribution in [0.15, 0.2) is 16.2 Å². The molecule has 3 rings (SSSR count). The minimum atomic E-state index is 0.0415. The third kappa shape index (κ3) is 3.35. The van der Waals surface area contributed by atoms with Crippen LogP contribution in [0.5, 0.6) is 0 Å². The molecule has 0 atom stereocenters. The Morgan fingerprint density at radius 1 is 1.38 bits per heavy atom. The fourth-order valence-corrected chi connectivity index (χ4v) is 4.22. The van der Waals surface area contributed by atoms with E-state index in [-0.39, 0.29) is 5.56 Å². The average Bonchev–Trinajstić information content (AvgIpc) is 2.81. The van der Waals surface area contributed by atoms with Gasteiger partial charge in [-0.1, -0.05) is 19.3 Å². The van der Waals surface area contributed by atoms with Crippen molar-refractivity contribution in [2.24, 2.45) is 5.92 Å². The summed E-state index contributed by atoms with van der Waals surface area (Å²) in [6.45, 7) is 3.82. The molecule has 0 N–H and O–H groups in total. The minimum Gasteiger partial charge on any atom is -0.300 e. The van der Waals surface area contributed by atoms with Crippen LogP contribution in [-0.2, 0) is 6.54 Å². The monoisotopic (exact) mass is 305 g/mol. The van der Waals surface area contributed by atoms with Crippen LogP contribution in [0, 0.1) is 12.8 Å². The summed E-state index contributed by atoms with van der Waals surface area (Å²) in [7, 11) is 2.14. The fourth-order valence-electron chi connectivity index (χ4n) is 3.33. The van der Waals surface area contributed by atoms with Gasteiger partial charge in [0.25, 0.3) is 5.56 Å². The lowest BCUT2D eigenvalue weighted by Gasteiger charge is -2.26. The Hall–Kier alpha value is -1.20. The van der Waals surface area contributed by atoms with Gasteiger partial charge >= 0.3 is 0 Å². The van der Waals surface area contributed by atoms with Gasteiger partial charge in [-0.2, -0.15) is 0 Å². The van der Waals surface area contributed by atoms with E-state index in [1.165, 1.54) is 43.4 Å². The summed E-state index contributed by atoms with van der Waals surface area (Å²) in [4.78, 5) is 19.9. The molecule has 2 heterocycles. The maximum absolute atomic E-state index is 12.2. The first-order valence-electron chi connectivity index (χ1n) is 7.79. The predicted octanol–water partition coefficient (Wildman–Crippen LogP) is 3.08. The number of aromatic nitrogens is 2. The molecule has 21 heavy (non-hydrogen) atoms. The van der Waals surface area contributed by atoms with Crippen molar-refractivity contribution in [3.8, 4) is 0 Å². The summed E-state index contributed by atoms with van der Waals surface area (Å²) in [6.07, 6.45) is 6.84. The van der Waals surface area contributed by atoms with Gasteiger partial charge < -0.3 is 4.90 Å². The first-order chi connectivity index (χ1) is 10.1. The molecule has 1 aliphatic rings. The van der Waals surface area contributed by atoms with Crippen LogP contribution in [0.1, 0.15) is 43.5 Å². The first kappa shape index (κ1) is 14.7. The van der Waals surface area contributed by atoms with E-state index in [9.17, 15) is 4.79 Å². The molecule has 0 saturated heterocycles. The molecular weight excluding hydrogens is 282 g/mol. The van der Waals surface area contributed by atoms with E-state index in [0.29, 0.717) is 0 Å². The maximum Gasteiger partial charge on any atom is 0.259 e. The third-order valence-electron chi connectivity index (χ3n) is 4.36. The highest BCUT2D eigenvalue weighted by atomic mass is 32.1. The largest absolute Gasteiger partial charge is 0.300 e. The van der Waals surface area contributed by atoms with Crippen LogP contribution in [0.25, 0.3) is 4.96 Å². The van der Waals surface area contributed by atoms with Gasteiger partial charge in [0.1, 0.15) is 0 Å². The van der Waals surface area contributed by atoms with Crippen molar-refractivity contribution in [3.63, 3.8) is 0 Å². The Balaban J connectivity index is 1.70. The van der Waals surface area contributed by atoms with E-state index in [2.05, 4.69) is 16.9 Å². The lowest BCUT2D eigenvalue weighted by molar-refractivity contribution is 0.226. The second-order valence-electron chi connectivity index (χ2n) is 6.28. The molecule has 5 heteroatoms. The molecule has 0 unspecified atom stereocenters. The van der Waals surface area contributed by atoms with Gasteiger partial charge in [-0.3, -0.25) is 9.20 Å². The Kier molecular flexibility index (Phi) is 4.40. The lowest BCUT2D eigenvalue weighted by atomic mass is 9.89. The highest BCUT2D eigenvalue weighted by Gasteiger charge is 2.16. The van der Waals surface area contributed by atoms with Crippen molar-refractivity contribution in [2.45, 2.75) is 45.6 Å². The first-order valence-corrected chi connectivity index (χ1v) is 8.67. The number of hydrogen-bond acceptors (Lipinski definition) is 4. The molecule has 0 bridgehead atoms. The topological polar surface area (TPSA) is 37.6 Å². The van der Waals surface area contributed by atoms with Crippen molar-refractivity contribution < 1.29 is 0 Å². The van der Waals surface area contributed by atoms with Crippen molar-refractivity contribution in [3.05, 3.63) is 33.2 Å². The Labute approximate surface area is 129 Å². The van der Waals surface area contributed by atoms with Gasteiger partial charge in [0, 0.05) is 30.2 Å². The molecule has 0 amide bonds. The van der Waals surface area contributed by atoms with Crippen LogP contribution >= 0.6 is 11.3 Å². The van der Waals surface area contributed by atoms with Crippen molar-refractivity contribution in [1.29, 1.82) is 0 Å². The maximum atomic E-state index is 12.2. The van der Waals surface area contributed by atoms with Gasteiger partial charge in [0.2, 0.25) is 0 Å². The summed E-state index contributed by atoms with van der Waals surface area (Å²) in [5.74, 6) is 0.817. The number of aryl methyl sites for hydroxylation is 1. The van der Waals surface area contributed by atoms with Crippen molar-refractivity contribution in [2.75, 3.05) is 13.6 Å². The number of fused-ring (bicyclic) bond motifs is 1. The van der Waals surface area contributed by atoms with Crippen LogP contribution in [-0.4, -0.2) is 27.9 Å². The number of rotatable bonds is 4. The second-order valence-corrected chi connectivity index (χ2v) is 7.12. The molecule has 0 aliphatic heterocycles. The van der Waals surface area contributed by atoms with Gasteiger partial charge in [-0.25, -0.2) is 4.98 Å². The molecule has 114 valence electrons. The molecule has 2 aromatic rings. The molecule has 0 radical (unpaired) electrons. The Bertz CT molecular complexity index is 670. The molecule has 2 aromatic heterocycles. The zero-order valence-electron chi connectivity index (χ0n) is 12.8. The number of hydrogen-bond donors (Lipinski definition) is 0. The van der Waals surface area contributed by atoms with Gasteiger partial charge in [-0.15, -0.1) is 11.3 Å². The summed E-state index contributed by atoms with van der Waals surface area (Å²) in [6, 6.07) is 1.68. The molecule has 4 nitrogen and oxygen atoms in total. The molecule has 0 spiro atoms. The van der Waals surface area contributed by atoms with E-state index in [1.54, 1.807) is 10.5 Å². The van der Waals surface area contributed by atoms with E-state index >= 15 is 0 Å². The zero-order chi connectivity index (χ0) is 14.8. The molecule has 0 aromatic carbocycles. The van der Waals surface area contributed by atoms with Gasteiger partial charge in [0.15, 0.2) is 4.96 Å². The van der Waals surface area contributed by atoms with Gasteiger partial charge in [-0.05, 0) is 32.7 Å². The third-order valence-corrected chi connectivity index (χ3v) is 5.30. The normalized spacial score (nSPS) is 16.9.